The van der Waals surface area contributed by atoms with Crippen molar-refractivity contribution < 1.29 is 33.7 Å². The van der Waals surface area contributed by atoms with Crippen molar-refractivity contribution in [3.8, 4) is 28.7 Å². The van der Waals surface area contributed by atoms with Crippen LogP contribution in [0.3, 0.4) is 0 Å². The second-order valence-corrected chi connectivity index (χ2v) is 7.98. The van der Waals surface area contributed by atoms with E-state index >= 15 is 0 Å². The number of carbonyl (C=O) groups excluding carboxylic acids is 3. The molecule has 4 aromatic rings. The van der Waals surface area contributed by atoms with Crippen LogP contribution in [0, 0.1) is 0 Å². The van der Waals surface area contributed by atoms with Gasteiger partial charge >= 0.3 is 12.1 Å². The predicted octanol–water partition coefficient (Wildman–Crippen LogP) is 5.31. The highest BCUT2D eigenvalue weighted by atomic mass is 16.5. The van der Waals surface area contributed by atoms with Crippen molar-refractivity contribution >= 4 is 40.1 Å². The van der Waals surface area contributed by atoms with Crippen LogP contribution in [0.25, 0.3) is 10.9 Å². The number of ether oxygens (including phenoxy) is 3. The van der Waals surface area contributed by atoms with E-state index in [0.717, 1.165) is 0 Å². The van der Waals surface area contributed by atoms with E-state index in [-0.39, 0.29) is 17.2 Å². The van der Waals surface area contributed by atoms with Gasteiger partial charge in [0.15, 0.2) is 17.3 Å². The largest absolute Gasteiger partial charge is 0.506 e. The zero-order valence-corrected chi connectivity index (χ0v) is 20.7. The summed E-state index contributed by atoms with van der Waals surface area (Å²) in [4.78, 5) is 40.2. The molecule has 0 saturated heterocycles. The van der Waals surface area contributed by atoms with Gasteiger partial charge in [0.1, 0.15) is 17.2 Å². The quantitative estimate of drug-likeness (QED) is 0.191. The summed E-state index contributed by atoms with van der Waals surface area (Å²) in [6.45, 7) is 1.41. The third kappa shape index (κ3) is 5.90. The number of imide groups is 1. The number of ketones is 1. The van der Waals surface area contributed by atoms with Gasteiger partial charge in [-0.15, -0.1) is 0 Å². The highest BCUT2D eigenvalue weighted by Crippen LogP contribution is 2.38. The number of amides is 4. The summed E-state index contributed by atoms with van der Waals surface area (Å²) in [5, 5.41) is 18.0. The topological polar surface area (TPSA) is 148 Å². The van der Waals surface area contributed by atoms with Crippen LogP contribution in [-0.4, -0.2) is 42.2 Å². The van der Waals surface area contributed by atoms with Crippen LogP contribution in [-0.2, 0) is 0 Å². The highest BCUT2D eigenvalue weighted by molar-refractivity contribution is 6.06. The van der Waals surface area contributed by atoms with Crippen molar-refractivity contribution in [2.24, 2.45) is 0 Å². The molecular formula is C27H24N4O7. The monoisotopic (exact) mass is 516 g/mol. The van der Waals surface area contributed by atoms with Gasteiger partial charge < -0.3 is 30.0 Å². The summed E-state index contributed by atoms with van der Waals surface area (Å²) in [5.41, 5.74) is 1.42. The Morgan fingerprint density at radius 1 is 0.842 bits per heavy atom. The molecule has 0 aliphatic heterocycles. The number of methoxy groups -OCH3 is 2. The van der Waals surface area contributed by atoms with E-state index in [1.807, 2.05) is 0 Å². The Hall–Kier alpha value is -5.32. The molecule has 1 heterocycles. The van der Waals surface area contributed by atoms with Gasteiger partial charge in [-0.2, -0.15) is 0 Å². The van der Waals surface area contributed by atoms with Crippen molar-refractivity contribution in [2.75, 3.05) is 24.9 Å². The molecule has 3 aromatic carbocycles. The maximum absolute atomic E-state index is 12.3. The number of urea groups is 2. The average molecular weight is 517 g/mol. The lowest BCUT2D eigenvalue weighted by Crippen LogP contribution is -2.37. The molecule has 0 unspecified atom stereocenters. The number of pyridine rings is 1. The molecule has 1 aromatic heterocycles. The van der Waals surface area contributed by atoms with Gasteiger partial charge in [0, 0.05) is 35.0 Å². The van der Waals surface area contributed by atoms with Crippen LogP contribution in [0.4, 0.5) is 21.0 Å². The molecule has 4 amide bonds. The number of nitrogens with one attached hydrogen (secondary N) is 3. The molecule has 11 nitrogen and oxygen atoms in total. The lowest BCUT2D eigenvalue weighted by atomic mass is 10.1. The summed E-state index contributed by atoms with van der Waals surface area (Å²) in [6.07, 6.45) is 1.57. The number of hydrogen-bond donors (Lipinski definition) is 4. The van der Waals surface area contributed by atoms with Crippen LogP contribution < -0.4 is 30.2 Å². The summed E-state index contributed by atoms with van der Waals surface area (Å²) in [6, 6.07) is 14.0. The molecule has 0 spiro atoms. The molecule has 0 atom stereocenters. The Morgan fingerprint density at radius 3 is 2.29 bits per heavy atom. The number of nitrogens with zero attached hydrogens (tertiary/aromatic N) is 1. The van der Waals surface area contributed by atoms with Crippen LogP contribution in [0.15, 0.2) is 66.9 Å². The van der Waals surface area contributed by atoms with E-state index in [1.54, 1.807) is 42.6 Å². The average Bonchev–Trinajstić information content (AvgIpc) is 2.89. The minimum atomic E-state index is -0.879. The number of phenols is 1. The summed E-state index contributed by atoms with van der Waals surface area (Å²) in [7, 11) is 3.06. The van der Waals surface area contributed by atoms with Gasteiger partial charge in [0.25, 0.3) is 0 Å². The van der Waals surface area contributed by atoms with Gasteiger partial charge in [-0.05, 0) is 43.3 Å². The molecule has 0 radical (unpaired) electrons. The maximum atomic E-state index is 12.3. The molecule has 194 valence electrons. The first-order valence-corrected chi connectivity index (χ1v) is 11.3. The normalized spacial score (nSPS) is 10.4. The van der Waals surface area contributed by atoms with E-state index < -0.39 is 12.1 Å². The fourth-order valence-electron chi connectivity index (χ4n) is 3.58. The lowest BCUT2D eigenvalue weighted by Gasteiger charge is -2.13. The first-order chi connectivity index (χ1) is 18.3. The number of anilines is 2. The number of phenolic OH excluding ortho intramolecular Hbond substituents is 1. The number of carbonyl (C=O) groups is 3. The molecule has 38 heavy (non-hydrogen) atoms. The van der Waals surface area contributed by atoms with Gasteiger partial charge in [-0.3, -0.25) is 15.1 Å². The van der Waals surface area contributed by atoms with E-state index in [9.17, 15) is 19.5 Å². The number of benzene rings is 3. The fourth-order valence-corrected chi connectivity index (χ4v) is 3.58. The molecule has 0 aliphatic carbocycles. The Labute approximate surface area is 217 Å². The summed E-state index contributed by atoms with van der Waals surface area (Å²) < 4.78 is 16.6. The third-order valence-corrected chi connectivity index (χ3v) is 5.41. The van der Waals surface area contributed by atoms with Crippen molar-refractivity contribution in [2.45, 2.75) is 6.92 Å². The number of hydrogen-bond acceptors (Lipinski definition) is 8. The number of fused-ring (bicyclic) bond motifs is 1. The minimum absolute atomic E-state index is 0.0484. The SMILES string of the molecule is COc1cc2nccc(Oc3ccc(NC(=O)NC(=O)Nc4cccc(C(C)=O)c4)c(O)c3)c2cc1OC. The Bertz CT molecular complexity index is 1540. The second kappa shape index (κ2) is 11.2. The number of aromatic nitrogens is 1. The zero-order valence-electron chi connectivity index (χ0n) is 20.7. The second-order valence-electron chi connectivity index (χ2n) is 7.98. The molecule has 0 saturated carbocycles. The van der Waals surface area contributed by atoms with E-state index in [1.165, 1.54) is 45.4 Å². The Kier molecular flexibility index (Phi) is 7.57. The molecule has 0 bridgehead atoms. The molecule has 0 fully saturated rings. The van der Waals surface area contributed by atoms with Gasteiger partial charge in [0.05, 0.1) is 25.4 Å². The van der Waals surface area contributed by atoms with Gasteiger partial charge in [-0.1, -0.05) is 12.1 Å². The van der Waals surface area contributed by atoms with Gasteiger partial charge in [-0.25, -0.2) is 9.59 Å². The van der Waals surface area contributed by atoms with Crippen molar-refractivity contribution in [3.05, 3.63) is 72.4 Å². The van der Waals surface area contributed by atoms with Crippen molar-refractivity contribution in [1.82, 2.24) is 10.3 Å². The van der Waals surface area contributed by atoms with E-state index in [0.29, 0.717) is 45.2 Å². The fraction of sp³-hybridized carbons (Fsp3) is 0.111. The first kappa shape index (κ1) is 25.8. The summed E-state index contributed by atoms with van der Waals surface area (Å²) >= 11 is 0. The molecule has 4 N–H and O–H groups in total. The standard InChI is InChI=1S/C27H24N4O7/c1-15(32)16-5-4-6-17(11-16)29-26(34)31-27(35)30-20-8-7-18(12-22(20)33)38-23-9-10-28-21-14-25(37-3)24(36-2)13-19(21)23/h4-14,33H,1-3H3,(H3,29,30,31,34,35). The predicted molar refractivity (Wildman–Crippen MR) is 141 cm³/mol. The van der Waals surface area contributed by atoms with E-state index in [4.69, 9.17) is 14.2 Å². The van der Waals surface area contributed by atoms with Crippen LogP contribution in [0.1, 0.15) is 17.3 Å². The van der Waals surface area contributed by atoms with Crippen LogP contribution >= 0.6 is 0 Å². The van der Waals surface area contributed by atoms with Crippen LogP contribution in [0.5, 0.6) is 28.7 Å². The van der Waals surface area contributed by atoms with Gasteiger partial charge in [0.2, 0.25) is 0 Å². The number of rotatable bonds is 7. The minimum Gasteiger partial charge on any atom is -0.506 e. The van der Waals surface area contributed by atoms with E-state index in [2.05, 4.69) is 20.9 Å². The number of aromatic hydroxyl groups is 1. The highest BCUT2D eigenvalue weighted by Gasteiger charge is 2.14. The molecule has 11 heteroatoms. The Balaban J connectivity index is 1.43. The number of Topliss-reactive ketones (excluding diaryl/α,β-unsaturated/α-hetero) is 1. The third-order valence-electron chi connectivity index (χ3n) is 5.41. The molecule has 0 aliphatic rings. The maximum Gasteiger partial charge on any atom is 0.327 e. The Morgan fingerprint density at radius 2 is 1.58 bits per heavy atom. The van der Waals surface area contributed by atoms with Crippen LogP contribution in [0.2, 0.25) is 0 Å². The lowest BCUT2D eigenvalue weighted by molar-refractivity contribution is 0.101. The smallest absolute Gasteiger partial charge is 0.327 e. The molecular weight excluding hydrogens is 492 g/mol. The van der Waals surface area contributed by atoms with Crippen molar-refractivity contribution in [1.29, 1.82) is 0 Å². The first-order valence-electron chi connectivity index (χ1n) is 11.3. The molecule has 4 rings (SSSR count). The zero-order chi connectivity index (χ0) is 27.2. The summed E-state index contributed by atoms with van der Waals surface area (Å²) in [5.74, 6) is 1.32. The van der Waals surface area contributed by atoms with Crippen molar-refractivity contribution in [3.63, 3.8) is 0 Å².